The van der Waals surface area contributed by atoms with Gasteiger partial charge in [0, 0.05) is 22.4 Å². The zero-order valence-corrected chi connectivity index (χ0v) is 15.6. The number of halogens is 1. The van der Waals surface area contributed by atoms with E-state index in [1.165, 1.54) is 5.56 Å². The van der Waals surface area contributed by atoms with Crippen molar-refractivity contribution in [2.45, 2.75) is 13.3 Å². The second-order valence-corrected chi connectivity index (χ2v) is 7.00. The summed E-state index contributed by atoms with van der Waals surface area (Å²) in [6, 6.07) is 13.7. The Hall–Kier alpha value is -2.34. The van der Waals surface area contributed by atoms with Crippen molar-refractivity contribution in [2.24, 2.45) is 0 Å². The Morgan fingerprint density at radius 3 is 2.76 bits per heavy atom. The highest BCUT2D eigenvalue weighted by Gasteiger charge is 2.20. The number of aryl methyl sites for hydroxylation is 1. The lowest BCUT2D eigenvalue weighted by Gasteiger charge is -2.18. The number of rotatable bonds is 5. The predicted octanol–water partition coefficient (Wildman–Crippen LogP) is 2.87. The van der Waals surface area contributed by atoms with Crippen molar-refractivity contribution in [1.82, 2.24) is 5.32 Å². The number of para-hydroxylation sites is 1. The number of hydrogen-bond acceptors (Lipinski definition) is 3. The summed E-state index contributed by atoms with van der Waals surface area (Å²) >= 11 is 3.39. The summed E-state index contributed by atoms with van der Waals surface area (Å²) in [5, 5.41) is 5.50. The molecule has 6 heteroatoms. The fraction of sp³-hybridized carbons (Fsp3) is 0.263. The first-order valence-electron chi connectivity index (χ1n) is 8.18. The molecule has 0 unspecified atom stereocenters. The molecule has 2 N–H and O–H groups in total. The number of nitrogens with one attached hydrogen (secondary N) is 2. The number of carbonyl (C=O) groups excluding carboxylic acids is 2. The molecule has 2 aromatic carbocycles. The van der Waals surface area contributed by atoms with E-state index in [1.54, 1.807) is 0 Å². The molecule has 25 heavy (non-hydrogen) atoms. The third kappa shape index (κ3) is 4.39. The van der Waals surface area contributed by atoms with Crippen LogP contribution in [0, 0.1) is 6.92 Å². The van der Waals surface area contributed by atoms with E-state index in [0.717, 1.165) is 34.4 Å². The van der Waals surface area contributed by atoms with Gasteiger partial charge in [-0.3, -0.25) is 9.59 Å². The minimum Gasteiger partial charge on any atom is -0.362 e. The Balaban J connectivity index is 1.48. The number of fused-ring (bicyclic) bond motifs is 1. The van der Waals surface area contributed by atoms with Crippen LogP contribution in [0.3, 0.4) is 0 Å². The van der Waals surface area contributed by atoms with E-state index in [9.17, 15) is 9.59 Å². The highest BCUT2D eigenvalue weighted by molar-refractivity contribution is 9.10. The van der Waals surface area contributed by atoms with E-state index in [1.807, 2.05) is 48.2 Å². The van der Waals surface area contributed by atoms with Crippen LogP contribution in [0.4, 0.5) is 11.4 Å². The van der Waals surface area contributed by atoms with Crippen LogP contribution >= 0.6 is 15.9 Å². The van der Waals surface area contributed by atoms with Gasteiger partial charge in [-0.15, -0.1) is 0 Å². The van der Waals surface area contributed by atoms with Crippen LogP contribution in [0.2, 0.25) is 0 Å². The molecule has 1 aliphatic heterocycles. The molecule has 0 radical (unpaired) electrons. The molecule has 0 fully saturated rings. The molecule has 2 aromatic rings. The van der Waals surface area contributed by atoms with Crippen LogP contribution < -0.4 is 15.5 Å². The van der Waals surface area contributed by atoms with Gasteiger partial charge in [0.15, 0.2) is 0 Å². The molecule has 1 aliphatic rings. The second kappa shape index (κ2) is 7.70. The van der Waals surface area contributed by atoms with Crippen molar-refractivity contribution in [2.75, 3.05) is 29.9 Å². The van der Waals surface area contributed by atoms with Crippen molar-refractivity contribution in [3.63, 3.8) is 0 Å². The quantitative estimate of drug-likeness (QED) is 0.809. The van der Waals surface area contributed by atoms with E-state index in [2.05, 4.69) is 32.6 Å². The van der Waals surface area contributed by atoms with Gasteiger partial charge < -0.3 is 15.5 Å². The average Bonchev–Trinajstić information content (AvgIpc) is 2.99. The lowest BCUT2D eigenvalue weighted by Crippen LogP contribution is -2.40. The van der Waals surface area contributed by atoms with E-state index in [-0.39, 0.29) is 24.9 Å². The normalized spacial score (nSPS) is 12.6. The number of hydrogen-bond donors (Lipinski definition) is 2. The van der Waals surface area contributed by atoms with Crippen LogP contribution in [-0.2, 0) is 16.0 Å². The first kappa shape index (κ1) is 17.5. The van der Waals surface area contributed by atoms with Crippen LogP contribution in [0.25, 0.3) is 0 Å². The number of nitrogens with zero attached hydrogens (tertiary/aromatic N) is 1. The van der Waals surface area contributed by atoms with Gasteiger partial charge in [0.25, 0.3) is 0 Å². The summed E-state index contributed by atoms with van der Waals surface area (Å²) in [6.07, 6.45) is 0.951. The lowest BCUT2D eigenvalue weighted by molar-refractivity contribution is -0.123. The Bertz CT molecular complexity index is 807. The molecule has 0 atom stereocenters. The van der Waals surface area contributed by atoms with Crippen LogP contribution in [0.5, 0.6) is 0 Å². The predicted molar refractivity (Wildman–Crippen MR) is 103 cm³/mol. The van der Waals surface area contributed by atoms with Gasteiger partial charge in [0.05, 0.1) is 13.1 Å². The molecule has 1 heterocycles. The molecule has 130 valence electrons. The maximum atomic E-state index is 12.1. The summed E-state index contributed by atoms with van der Waals surface area (Å²) in [6.45, 7) is 2.98. The Kier molecular flexibility index (Phi) is 5.38. The summed E-state index contributed by atoms with van der Waals surface area (Å²) in [5.41, 5.74) is 4.07. The monoisotopic (exact) mass is 401 g/mol. The number of carbonyl (C=O) groups is 2. The number of anilines is 2. The van der Waals surface area contributed by atoms with Gasteiger partial charge in [0.1, 0.15) is 0 Å². The van der Waals surface area contributed by atoms with Crippen molar-refractivity contribution in [3.8, 4) is 0 Å². The molecule has 0 saturated heterocycles. The van der Waals surface area contributed by atoms with Gasteiger partial charge in [-0.05, 0) is 48.7 Å². The Morgan fingerprint density at radius 1 is 1.16 bits per heavy atom. The van der Waals surface area contributed by atoms with Crippen LogP contribution in [0.1, 0.15) is 11.1 Å². The van der Waals surface area contributed by atoms with Gasteiger partial charge in [-0.25, -0.2) is 0 Å². The molecular weight excluding hydrogens is 382 g/mol. The van der Waals surface area contributed by atoms with Crippen molar-refractivity contribution < 1.29 is 9.59 Å². The molecule has 0 bridgehead atoms. The molecule has 0 spiro atoms. The fourth-order valence-electron chi connectivity index (χ4n) is 2.94. The van der Waals surface area contributed by atoms with Crippen molar-refractivity contribution >= 4 is 39.1 Å². The highest BCUT2D eigenvalue weighted by atomic mass is 79.9. The van der Waals surface area contributed by atoms with Gasteiger partial charge in [0.2, 0.25) is 11.8 Å². The van der Waals surface area contributed by atoms with Gasteiger partial charge in [-0.2, -0.15) is 0 Å². The third-order valence-corrected chi connectivity index (χ3v) is 4.72. The fourth-order valence-corrected chi connectivity index (χ4v) is 3.42. The first-order valence-corrected chi connectivity index (χ1v) is 8.98. The molecule has 2 amide bonds. The Morgan fingerprint density at radius 2 is 1.96 bits per heavy atom. The molecule has 0 aliphatic carbocycles. The smallest absolute Gasteiger partial charge is 0.243 e. The number of amides is 2. The summed E-state index contributed by atoms with van der Waals surface area (Å²) < 4.78 is 0.960. The van der Waals surface area contributed by atoms with Crippen LogP contribution in [0.15, 0.2) is 46.9 Å². The lowest BCUT2D eigenvalue weighted by atomic mass is 10.2. The molecular formula is C19H20BrN3O2. The molecule has 5 nitrogen and oxygen atoms in total. The van der Waals surface area contributed by atoms with E-state index in [0.29, 0.717) is 0 Å². The topological polar surface area (TPSA) is 61.4 Å². The van der Waals surface area contributed by atoms with Crippen molar-refractivity contribution in [1.29, 1.82) is 0 Å². The van der Waals surface area contributed by atoms with Gasteiger partial charge >= 0.3 is 0 Å². The zero-order chi connectivity index (χ0) is 17.8. The molecule has 0 saturated carbocycles. The second-order valence-electron chi connectivity index (χ2n) is 6.08. The standard InChI is InChI=1S/C19H20BrN3O2/c1-13-10-15(20)6-7-16(13)22-18(24)11-21-19(25)12-23-9-8-14-4-2-3-5-17(14)23/h2-7,10H,8-9,11-12H2,1H3,(H,21,25)(H,22,24). The first-order chi connectivity index (χ1) is 12.0. The minimum atomic E-state index is -0.236. The van der Waals surface area contributed by atoms with E-state index in [4.69, 9.17) is 0 Å². The SMILES string of the molecule is Cc1cc(Br)ccc1NC(=O)CNC(=O)CN1CCc2ccccc21. The Labute approximate surface area is 155 Å². The van der Waals surface area contributed by atoms with Gasteiger partial charge in [-0.1, -0.05) is 34.1 Å². The summed E-state index contributed by atoms with van der Waals surface area (Å²) in [7, 11) is 0. The summed E-state index contributed by atoms with van der Waals surface area (Å²) in [5.74, 6) is -0.389. The highest BCUT2D eigenvalue weighted by Crippen LogP contribution is 2.26. The maximum absolute atomic E-state index is 12.1. The van der Waals surface area contributed by atoms with E-state index < -0.39 is 0 Å². The summed E-state index contributed by atoms with van der Waals surface area (Å²) in [4.78, 5) is 26.2. The number of benzene rings is 2. The van der Waals surface area contributed by atoms with Crippen molar-refractivity contribution in [3.05, 3.63) is 58.1 Å². The zero-order valence-electron chi connectivity index (χ0n) is 14.0. The average molecular weight is 402 g/mol. The minimum absolute atomic E-state index is 0.0379. The van der Waals surface area contributed by atoms with E-state index >= 15 is 0 Å². The molecule has 0 aromatic heterocycles. The molecule has 3 rings (SSSR count). The third-order valence-electron chi connectivity index (χ3n) is 4.23. The maximum Gasteiger partial charge on any atom is 0.243 e. The van der Waals surface area contributed by atoms with Crippen LogP contribution in [-0.4, -0.2) is 31.4 Å². The largest absolute Gasteiger partial charge is 0.362 e.